The maximum absolute atomic E-state index is 3.36. The summed E-state index contributed by atoms with van der Waals surface area (Å²) in [6, 6.07) is 0.844. The van der Waals surface area contributed by atoms with E-state index in [9.17, 15) is 0 Å². The fraction of sp³-hybridized carbons (Fsp3) is 1.00. The molecule has 0 saturated carbocycles. The molecule has 0 aromatic carbocycles. The molecule has 0 unspecified atom stereocenters. The first-order valence-electron chi connectivity index (χ1n) is 6.33. The number of hydrogen-bond donors (Lipinski definition) is 1. The van der Waals surface area contributed by atoms with Crippen molar-refractivity contribution >= 4 is 0 Å². The summed E-state index contributed by atoms with van der Waals surface area (Å²) >= 11 is 0. The molecule has 1 N–H and O–H groups in total. The SMILES string of the molecule is CCCCCCN(CCC)C1CNC1. The molecule has 1 aliphatic rings. The van der Waals surface area contributed by atoms with Crippen LogP contribution >= 0.6 is 0 Å². The lowest BCUT2D eigenvalue weighted by Gasteiger charge is -2.38. The van der Waals surface area contributed by atoms with Gasteiger partial charge >= 0.3 is 0 Å². The molecule has 0 bridgehead atoms. The molecule has 2 nitrogen and oxygen atoms in total. The zero-order chi connectivity index (χ0) is 10.2. The molecular weight excluding hydrogens is 172 g/mol. The average molecular weight is 198 g/mol. The smallest absolute Gasteiger partial charge is 0.0345 e. The summed E-state index contributed by atoms with van der Waals surface area (Å²) < 4.78 is 0. The summed E-state index contributed by atoms with van der Waals surface area (Å²) in [6.45, 7) is 9.60. The van der Waals surface area contributed by atoms with Crippen molar-refractivity contribution in [1.82, 2.24) is 10.2 Å². The minimum Gasteiger partial charge on any atom is -0.314 e. The van der Waals surface area contributed by atoms with E-state index in [1.807, 2.05) is 0 Å². The standard InChI is InChI=1S/C12H26N2/c1-3-5-6-7-9-14(8-4-2)12-10-13-11-12/h12-13H,3-11H2,1-2H3. The third kappa shape index (κ3) is 3.97. The molecule has 14 heavy (non-hydrogen) atoms. The van der Waals surface area contributed by atoms with Gasteiger partial charge in [-0.1, -0.05) is 33.1 Å². The summed E-state index contributed by atoms with van der Waals surface area (Å²) in [7, 11) is 0. The monoisotopic (exact) mass is 198 g/mol. The third-order valence-corrected chi connectivity index (χ3v) is 3.09. The molecule has 0 aromatic heterocycles. The predicted octanol–water partition coefficient (Wildman–Crippen LogP) is 2.25. The lowest BCUT2D eigenvalue weighted by atomic mass is 10.1. The first kappa shape index (κ1) is 12.0. The first-order chi connectivity index (χ1) is 6.88. The second-order valence-corrected chi connectivity index (χ2v) is 4.41. The molecule has 1 aliphatic heterocycles. The summed E-state index contributed by atoms with van der Waals surface area (Å²) in [5.41, 5.74) is 0. The van der Waals surface area contributed by atoms with E-state index in [0.29, 0.717) is 0 Å². The number of rotatable bonds is 8. The van der Waals surface area contributed by atoms with Crippen LogP contribution in [-0.4, -0.2) is 37.1 Å². The largest absolute Gasteiger partial charge is 0.314 e. The maximum Gasteiger partial charge on any atom is 0.0345 e. The number of unbranched alkanes of at least 4 members (excludes halogenated alkanes) is 3. The number of nitrogens with zero attached hydrogens (tertiary/aromatic N) is 1. The summed E-state index contributed by atoms with van der Waals surface area (Å²) in [5.74, 6) is 0. The van der Waals surface area contributed by atoms with Crippen LogP contribution in [0.5, 0.6) is 0 Å². The van der Waals surface area contributed by atoms with Gasteiger partial charge in [-0.15, -0.1) is 0 Å². The highest BCUT2D eigenvalue weighted by Crippen LogP contribution is 2.09. The van der Waals surface area contributed by atoms with Crippen LogP contribution in [0.4, 0.5) is 0 Å². The molecule has 1 fully saturated rings. The zero-order valence-corrected chi connectivity index (χ0v) is 9.89. The highest BCUT2D eigenvalue weighted by Gasteiger charge is 2.22. The Hall–Kier alpha value is -0.0800. The molecule has 0 spiro atoms. The van der Waals surface area contributed by atoms with Crippen LogP contribution in [0.1, 0.15) is 46.0 Å². The quantitative estimate of drug-likeness (QED) is 0.602. The fourth-order valence-electron chi connectivity index (χ4n) is 2.04. The Morgan fingerprint density at radius 1 is 1.00 bits per heavy atom. The van der Waals surface area contributed by atoms with E-state index < -0.39 is 0 Å². The minimum absolute atomic E-state index is 0.844. The molecular formula is C12H26N2. The third-order valence-electron chi connectivity index (χ3n) is 3.09. The van der Waals surface area contributed by atoms with Crippen LogP contribution in [-0.2, 0) is 0 Å². The molecule has 0 amide bonds. The Morgan fingerprint density at radius 3 is 2.29 bits per heavy atom. The van der Waals surface area contributed by atoms with E-state index in [0.717, 1.165) is 6.04 Å². The number of nitrogens with one attached hydrogen (secondary N) is 1. The maximum atomic E-state index is 3.36. The van der Waals surface area contributed by atoms with Crippen LogP contribution < -0.4 is 5.32 Å². The van der Waals surface area contributed by atoms with Gasteiger partial charge in [0, 0.05) is 19.1 Å². The Bertz CT molecular complexity index is 132. The van der Waals surface area contributed by atoms with Crippen molar-refractivity contribution in [3.05, 3.63) is 0 Å². The molecule has 1 rings (SSSR count). The Morgan fingerprint density at radius 2 is 1.79 bits per heavy atom. The molecule has 0 atom stereocenters. The second kappa shape index (κ2) is 7.24. The van der Waals surface area contributed by atoms with Gasteiger partial charge in [-0.25, -0.2) is 0 Å². The van der Waals surface area contributed by atoms with Crippen LogP contribution in [0.2, 0.25) is 0 Å². The van der Waals surface area contributed by atoms with Gasteiger partial charge in [0.1, 0.15) is 0 Å². The van der Waals surface area contributed by atoms with Gasteiger partial charge in [0.05, 0.1) is 0 Å². The van der Waals surface area contributed by atoms with Crippen LogP contribution in [0.25, 0.3) is 0 Å². The van der Waals surface area contributed by atoms with E-state index in [4.69, 9.17) is 0 Å². The van der Waals surface area contributed by atoms with Gasteiger partial charge in [-0.05, 0) is 25.9 Å². The fourth-order valence-corrected chi connectivity index (χ4v) is 2.04. The highest BCUT2D eigenvalue weighted by atomic mass is 15.2. The van der Waals surface area contributed by atoms with Crippen molar-refractivity contribution in [1.29, 1.82) is 0 Å². The van der Waals surface area contributed by atoms with E-state index in [-0.39, 0.29) is 0 Å². The molecule has 0 aromatic rings. The normalized spacial score (nSPS) is 17.4. The molecule has 0 aliphatic carbocycles. The van der Waals surface area contributed by atoms with E-state index >= 15 is 0 Å². The van der Waals surface area contributed by atoms with Crippen LogP contribution in [0.15, 0.2) is 0 Å². The van der Waals surface area contributed by atoms with Crippen molar-refractivity contribution in [3.63, 3.8) is 0 Å². The summed E-state index contributed by atoms with van der Waals surface area (Å²) in [4.78, 5) is 2.67. The second-order valence-electron chi connectivity index (χ2n) is 4.41. The summed E-state index contributed by atoms with van der Waals surface area (Å²) in [5, 5.41) is 3.36. The van der Waals surface area contributed by atoms with Gasteiger partial charge in [-0.3, -0.25) is 4.90 Å². The number of hydrogen-bond acceptors (Lipinski definition) is 2. The Kier molecular flexibility index (Phi) is 6.20. The van der Waals surface area contributed by atoms with E-state index in [1.54, 1.807) is 0 Å². The van der Waals surface area contributed by atoms with Crippen molar-refractivity contribution in [2.45, 2.75) is 52.0 Å². The minimum atomic E-state index is 0.844. The van der Waals surface area contributed by atoms with Gasteiger partial charge in [0.25, 0.3) is 0 Å². The highest BCUT2D eigenvalue weighted by molar-refractivity contribution is 4.84. The lowest BCUT2D eigenvalue weighted by molar-refractivity contribution is 0.143. The van der Waals surface area contributed by atoms with Crippen molar-refractivity contribution in [2.75, 3.05) is 26.2 Å². The molecule has 1 saturated heterocycles. The van der Waals surface area contributed by atoms with E-state index in [1.165, 1.54) is 58.3 Å². The van der Waals surface area contributed by atoms with Gasteiger partial charge in [-0.2, -0.15) is 0 Å². The Labute approximate surface area is 89.1 Å². The average Bonchev–Trinajstić information content (AvgIpc) is 2.10. The Balaban J connectivity index is 2.08. The van der Waals surface area contributed by atoms with E-state index in [2.05, 4.69) is 24.1 Å². The topological polar surface area (TPSA) is 15.3 Å². The van der Waals surface area contributed by atoms with Crippen molar-refractivity contribution in [3.8, 4) is 0 Å². The summed E-state index contributed by atoms with van der Waals surface area (Å²) in [6.07, 6.45) is 6.85. The van der Waals surface area contributed by atoms with Gasteiger partial charge in [0.2, 0.25) is 0 Å². The molecule has 0 radical (unpaired) electrons. The predicted molar refractivity (Wildman–Crippen MR) is 62.7 cm³/mol. The van der Waals surface area contributed by atoms with Gasteiger partial charge in [0.15, 0.2) is 0 Å². The van der Waals surface area contributed by atoms with Crippen LogP contribution in [0, 0.1) is 0 Å². The molecule has 2 heteroatoms. The van der Waals surface area contributed by atoms with Crippen molar-refractivity contribution < 1.29 is 0 Å². The first-order valence-corrected chi connectivity index (χ1v) is 6.33. The van der Waals surface area contributed by atoms with Crippen LogP contribution in [0.3, 0.4) is 0 Å². The van der Waals surface area contributed by atoms with Gasteiger partial charge < -0.3 is 5.32 Å². The molecule has 1 heterocycles. The lowest BCUT2D eigenvalue weighted by Crippen LogP contribution is -2.57. The molecule has 84 valence electrons. The zero-order valence-electron chi connectivity index (χ0n) is 9.89. The van der Waals surface area contributed by atoms with Crippen molar-refractivity contribution in [2.24, 2.45) is 0 Å².